The second kappa shape index (κ2) is 5.77. The summed E-state index contributed by atoms with van der Waals surface area (Å²) in [5.74, 6) is 7.30. The van der Waals surface area contributed by atoms with E-state index in [1.54, 1.807) is 0 Å². The standard InChI is InChI=1S/C14H20N2O3/c15-16-14(12-3-1-2-6-17-12)10-4-5-11-13(9-10)19-8-7-18-11/h4-5,9,12,14,16H,1-3,6-8,15H2. The van der Waals surface area contributed by atoms with Gasteiger partial charge in [0, 0.05) is 6.61 Å². The van der Waals surface area contributed by atoms with Gasteiger partial charge in [-0.05, 0) is 37.0 Å². The predicted octanol–water partition coefficient (Wildman–Crippen LogP) is 1.53. The lowest BCUT2D eigenvalue weighted by atomic mass is 9.96. The summed E-state index contributed by atoms with van der Waals surface area (Å²) in [5, 5.41) is 0. The van der Waals surface area contributed by atoms with Crippen LogP contribution in [0.4, 0.5) is 0 Å². The minimum absolute atomic E-state index is 0.00359. The van der Waals surface area contributed by atoms with E-state index in [0.29, 0.717) is 13.2 Å². The molecular formula is C14H20N2O3. The molecule has 0 amide bonds. The molecule has 5 nitrogen and oxygen atoms in total. The maximum absolute atomic E-state index is 5.81. The zero-order chi connectivity index (χ0) is 13.1. The van der Waals surface area contributed by atoms with Crippen molar-refractivity contribution in [2.24, 2.45) is 5.84 Å². The highest BCUT2D eigenvalue weighted by Gasteiger charge is 2.26. The average molecular weight is 264 g/mol. The lowest BCUT2D eigenvalue weighted by molar-refractivity contribution is -0.00830. The van der Waals surface area contributed by atoms with Crippen LogP contribution in [0.1, 0.15) is 30.9 Å². The fourth-order valence-electron chi connectivity index (χ4n) is 2.70. The summed E-state index contributed by atoms with van der Waals surface area (Å²) in [7, 11) is 0. The third kappa shape index (κ3) is 2.68. The highest BCUT2D eigenvalue weighted by atomic mass is 16.6. The molecule has 2 aliphatic heterocycles. The maximum atomic E-state index is 5.81. The van der Waals surface area contributed by atoms with E-state index >= 15 is 0 Å². The van der Waals surface area contributed by atoms with Gasteiger partial charge in [0.1, 0.15) is 13.2 Å². The molecule has 0 spiro atoms. The van der Waals surface area contributed by atoms with Gasteiger partial charge in [-0.3, -0.25) is 11.3 Å². The van der Waals surface area contributed by atoms with Gasteiger partial charge < -0.3 is 14.2 Å². The number of benzene rings is 1. The van der Waals surface area contributed by atoms with Crippen LogP contribution in [0.2, 0.25) is 0 Å². The number of rotatable bonds is 3. The van der Waals surface area contributed by atoms with E-state index in [1.807, 2.05) is 18.2 Å². The minimum Gasteiger partial charge on any atom is -0.486 e. The Bertz CT molecular complexity index is 433. The lowest BCUT2D eigenvalue weighted by Crippen LogP contribution is -2.39. The average Bonchev–Trinajstić information content (AvgIpc) is 2.49. The number of hydrogen-bond acceptors (Lipinski definition) is 5. The van der Waals surface area contributed by atoms with Gasteiger partial charge in [-0.25, -0.2) is 0 Å². The first-order valence-corrected chi connectivity index (χ1v) is 6.86. The molecule has 19 heavy (non-hydrogen) atoms. The van der Waals surface area contributed by atoms with Gasteiger partial charge in [0.05, 0.1) is 12.1 Å². The van der Waals surface area contributed by atoms with Crippen LogP contribution in [0, 0.1) is 0 Å². The Morgan fingerprint density at radius 1 is 1.11 bits per heavy atom. The Morgan fingerprint density at radius 3 is 2.68 bits per heavy atom. The summed E-state index contributed by atoms with van der Waals surface area (Å²) in [5.41, 5.74) is 3.96. The highest BCUT2D eigenvalue weighted by molar-refractivity contribution is 5.44. The van der Waals surface area contributed by atoms with Crippen LogP contribution in [0.15, 0.2) is 18.2 Å². The Labute approximate surface area is 113 Å². The molecule has 3 N–H and O–H groups in total. The topological polar surface area (TPSA) is 65.7 Å². The fourth-order valence-corrected chi connectivity index (χ4v) is 2.70. The van der Waals surface area contributed by atoms with Crippen molar-refractivity contribution in [3.8, 4) is 11.5 Å². The Balaban J connectivity index is 1.82. The number of hydrogen-bond donors (Lipinski definition) is 2. The Hall–Kier alpha value is -1.30. The number of hydrazine groups is 1. The largest absolute Gasteiger partial charge is 0.486 e. The van der Waals surface area contributed by atoms with Gasteiger partial charge in [0.2, 0.25) is 0 Å². The van der Waals surface area contributed by atoms with Crippen molar-refractivity contribution in [3.05, 3.63) is 23.8 Å². The van der Waals surface area contributed by atoms with Crippen LogP contribution in [-0.4, -0.2) is 25.9 Å². The molecule has 1 aromatic rings. The molecule has 2 atom stereocenters. The molecule has 0 aliphatic carbocycles. The Morgan fingerprint density at radius 2 is 1.95 bits per heavy atom. The Kier molecular flexibility index (Phi) is 3.87. The van der Waals surface area contributed by atoms with Gasteiger partial charge in [-0.1, -0.05) is 6.07 Å². The van der Waals surface area contributed by atoms with Gasteiger partial charge in [-0.2, -0.15) is 0 Å². The quantitative estimate of drug-likeness (QED) is 0.640. The molecule has 1 aromatic carbocycles. The summed E-state index contributed by atoms with van der Waals surface area (Å²) >= 11 is 0. The summed E-state index contributed by atoms with van der Waals surface area (Å²) < 4.78 is 17.0. The van der Waals surface area contributed by atoms with Crippen LogP contribution in [-0.2, 0) is 4.74 Å². The minimum atomic E-state index is -0.00359. The molecular weight excluding hydrogens is 244 g/mol. The molecule has 2 unspecified atom stereocenters. The first-order valence-electron chi connectivity index (χ1n) is 6.86. The van der Waals surface area contributed by atoms with Crippen LogP contribution >= 0.6 is 0 Å². The van der Waals surface area contributed by atoms with E-state index in [-0.39, 0.29) is 12.1 Å². The van der Waals surface area contributed by atoms with E-state index in [9.17, 15) is 0 Å². The normalized spacial score (nSPS) is 23.9. The van der Waals surface area contributed by atoms with Crippen molar-refractivity contribution in [2.75, 3.05) is 19.8 Å². The second-order valence-corrected chi connectivity index (χ2v) is 4.95. The lowest BCUT2D eigenvalue weighted by Gasteiger charge is -2.31. The second-order valence-electron chi connectivity index (χ2n) is 4.95. The van der Waals surface area contributed by atoms with Crippen molar-refractivity contribution >= 4 is 0 Å². The summed E-state index contributed by atoms with van der Waals surface area (Å²) in [4.78, 5) is 0. The third-order valence-corrected chi connectivity index (χ3v) is 3.69. The molecule has 1 saturated heterocycles. The third-order valence-electron chi connectivity index (χ3n) is 3.69. The maximum Gasteiger partial charge on any atom is 0.161 e. The van der Waals surface area contributed by atoms with E-state index in [4.69, 9.17) is 20.1 Å². The zero-order valence-electron chi connectivity index (χ0n) is 10.9. The number of nitrogens with two attached hydrogens (primary N) is 1. The molecule has 104 valence electrons. The van der Waals surface area contributed by atoms with Crippen molar-refractivity contribution in [1.82, 2.24) is 5.43 Å². The summed E-state index contributed by atoms with van der Waals surface area (Å²) in [6.07, 6.45) is 3.48. The number of fused-ring (bicyclic) bond motifs is 1. The number of nitrogens with one attached hydrogen (secondary N) is 1. The molecule has 5 heteroatoms. The SMILES string of the molecule is NNC(c1ccc2c(c1)OCCO2)C1CCCCO1. The predicted molar refractivity (Wildman–Crippen MR) is 71.1 cm³/mol. The van der Waals surface area contributed by atoms with Crippen molar-refractivity contribution in [1.29, 1.82) is 0 Å². The van der Waals surface area contributed by atoms with Crippen LogP contribution < -0.4 is 20.7 Å². The first-order chi connectivity index (χ1) is 9.38. The van der Waals surface area contributed by atoms with Crippen molar-refractivity contribution in [3.63, 3.8) is 0 Å². The molecule has 0 saturated carbocycles. The van der Waals surface area contributed by atoms with Crippen LogP contribution in [0.3, 0.4) is 0 Å². The van der Waals surface area contributed by atoms with E-state index in [0.717, 1.165) is 36.5 Å². The fraction of sp³-hybridized carbons (Fsp3) is 0.571. The van der Waals surface area contributed by atoms with Gasteiger partial charge >= 0.3 is 0 Å². The molecule has 1 fully saturated rings. The van der Waals surface area contributed by atoms with E-state index in [1.165, 1.54) is 6.42 Å². The molecule has 0 radical (unpaired) electrons. The van der Waals surface area contributed by atoms with Crippen molar-refractivity contribution in [2.45, 2.75) is 31.4 Å². The number of ether oxygens (including phenoxy) is 3. The monoisotopic (exact) mass is 264 g/mol. The highest BCUT2D eigenvalue weighted by Crippen LogP contribution is 2.34. The molecule has 0 aromatic heterocycles. The van der Waals surface area contributed by atoms with Crippen LogP contribution in [0.25, 0.3) is 0 Å². The van der Waals surface area contributed by atoms with Gasteiger partial charge in [-0.15, -0.1) is 0 Å². The summed E-state index contributed by atoms with van der Waals surface area (Å²) in [6, 6.07) is 5.96. The van der Waals surface area contributed by atoms with E-state index < -0.39 is 0 Å². The van der Waals surface area contributed by atoms with Crippen molar-refractivity contribution < 1.29 is 14.2 Å². The van der Waals surface area contributed by atoms with Gasteiger partial charge in [0.25, 0.3) is 0 Å². The van der Waals surface area contributed by atoms with Gasteiger partial charge in [0.15, 0.2) is 11.5 Å². The molecule has 0 bridgehead atoms. The molecule has 2 aliphatic rings. The molecule has 3 rings (SSSR count). The smallest absolute Gasteiger partial charge is 0.161 e. The molecule has 2 heterocycles. The first kappa shape index (κ1) is 12.7. The van der Waals surface area contributed by atoms with Crippen LogP contribution in [0.5, 0.6) is 11.5 Å². The summed E-state index contributed by atoms with van der Waals surface area (Å²) in [6.45, 7) is 2.02. The zero-order valence-corrected chi connectivity index (χ0v) is 10.9. The van der Waals surface area contributed by atoms with E-state index in [2.05, 4.69) is 5.43 Å².